The van der Waals surface area contributed by atoms with Gasteiger partial charge in [-0.2, -0.15) is 0 Å². The first-order valence-corrected chi connectivity index (χ1v) is 9.23. The molecule has 0 aliphatic rings. The van der Waals surface area contributed by atoms with E-state index in [1.54, 1.807) is 6.26 Å². The van der Waals surface area contributed by atoms with E-state index in [-0.39, 0.29) is 5.25 Å². The third-order valence-corrected chi connectivity index (χ3v) is 5.17. The molecule has 116 valence electrons. The summed E-state index contributed by atoms with van der Waals surface area (Å²) in [5.41, 5.74) is 1.87. The van der Waals surface area contributed by atoms with Crippen molar-refractivity contribution in [3.05, 3.63) is 24.0 Å². The van der Waals surface area contributed by atoms with Crippen molar-refractivity contribution >= 4 is 33.4 Å². The molecule has 0 fully saturated rings. The summed E-state index contributed by atoms with van der Waals surface area (Å²) in [6.45, 7) is 5.32. The number of aryl methyl sites for hydroxylation is 1. The molecule has 0 N–H and O–H groups in total. The van der Waals surface area contributed by atoms with Gasteiger partial charge in [0, 0.05) is 28.9 Å². The highest BCUT2D eigenvalue weighted by Gasteiger charge is 2.15. The Morgan fingerprint density at radius 2 is 2.24 bits per heavy atom. The highest BCUT2D eigenvalue weighted by atomic mass is 35.5. The molecule has 6 heteroatoms. The van der Waals surface area contributed by atoms with Crippen molar-refractivity contribution in [1.82, 2.24) is 9.55 Å². The summed E-state index contributed by atoms with van der Waals surface area (Å²) in [5.74, 6) is 1.96. The Balaban J connectivity index is 2.37. The number of halogens is 1. The Morgan fingerprint density at radius 3 is 2.86 bits per heavy atom. The van der Waals surface area contributed by atoms with E-state index in [9.17, 15) is 4.21 Å². The lowest BCUT2D eigenvalue weighted by Gasteiger charge is -2.11. The molecule has 0 saturated carbocycles. The number of benzene rings is 1. The van der Waals surface area contributed by atoms with Crippen LogP contribution >= 0.6 is 11.6 Å². The van der Waals surface area contributed by atoms with Crippen molar-refractivity contribution in [3.8, 4) is 5.75 Å². The third kappa shape index (κ3) is 3.58. The Hall–Kier alpha value is -1.07. The van der Waals surface area contributed by atoms with E-state index in [0.717, 1.165) is 35.6 Å². The van der Waals surface area contributed by atoms with Crippen LogP contribution in [0.4, 0.5) is 0 Å². The highest BCUT2D eigenvalue weighted by Crippen LogP contribution is 2.27. The van der Waals surface area contributed by atoms with E-state index < -0.39 is 10.8 Å². The van der Waals surface area contributed by atoms with Crippen molar-refractivity contribution in [2.75, 3.05) is 12.9 Å². The van der Waals surface area contributed by atoms with Gasteiger partial charge in [0.2, 0.25) is 0 Å². The van der Waals surface area contributed by atoms with Crippen LogP contribution in [0.1, 0.15) is 26.1 Å². The van der Waals surface area contributed by atoms with Gasteiger partial charge in [-0.1, -0.05) is 13.0 Å². The maximum atomic E-state index is 11.5. The van der Waals surface area contributed by atoms with Gasteiger partial charge in [0.15, 0.2) is 0 Å². The number of imidazole rings is 1. The van der Waals surface area contributed by atoms with E-state index in [2.05, 4.69) is 9.55 Å². The Kier molecular flexibility index (Phi) is 5.65. The van der Waals surface area contributed by atoms with Crippen LogP contribution in [0.25, 0.3) is 11.0 Å². The maximum Gasteiger partial charge on any atom is 0.147 e. The standard InChI is InChI=1S/C15H21ClN2O2S/c1-4-20-13-7-5-6-12-15(13)17-14(10-16)18(12)9-8-11(2)21(3)19/h5-7,11H,4,8-10H2,1-3H3. The molecule has 4 nitrogen and oxygen atoms in total. The molecule has 1 aromatic carbocycles. The summed E-state index contributed by atoms with van der Waals surface area (Å²) in [4.78, 5) is 4.60. The van der Waals surface area contributed by atoms with Crippen molar-refractivity contribution < 1.29 is 8.95 Å². The fourth-order valence-corrected chi connectivity index (χ4v) is 2.91. The zero-order valence-electron chi connectivity index (χ0n) is 12.6. The van der Waals surface area contributed by atoms with Crippen LogP contribution < -0.4 is 4.74 Å². The molecule has 0 radical (unpaired) electrons. The number of aromatic nitrogens is 2. The van der Waals surface area contributed by atoms with Crippen LogP contribution in [-0.2, 0) is 23.2 Å². The monoisotopic (exact) mass is 328 g/mol. The quantitative estimate of drug-likeness (QED) is 0.732. The van der Waals surface area contributed by atoms with Crippen LogP contribution in [0.2, 0.25) is 0 Å². The fraction of sp³-hybridized carbons (Fsp3) is 0.533. The molecule has 2 atom stereocenters. The molecule has 0 aliphatic carbocycles. The summed E-state index contributed by atoms with van der Waals surface area (Å²) < 4.78 is 19.2. The number of alkyl halides is 1. The van der Waals surface area contributed by atoms with Crippen LogP contribution in [0.15, 0.2) is 18.2 Å². The first-order valence-electron chi connectivity index (χ1n) is 7.07. The third-order valence-electron chi connectivity index (χ3n) is 3.57. The number of fused-ring (bicyclic) bond motifs is 1. The van der Waals surface area contributed by atoms with E-state index >= 15 is 0 Å². The number of para-hydroxylation sites is 1. The summed E-state index contributed by atoms with van der Waals surface area (Å²) in [6.07, 6.45) is 2.57. The lowest BCUT2D eigenvalue weighted by Crippen LogP contribution is -2.13. The van der Waals surface area contributed by atoms with Gasteiger partial charge >= 0.3 is 0 Å². The minimum Gasteiger partial charge on any atom is -0.492 e. The molecular weight excluding hydrogens is 308 g/mol. The molecule has 0 amide bonds. The average Bonchev–Trinajstić information content (AvgIpc) is 2.83. The molecular formula is C15H21ClN2O2S. The molecule has 0 spiro atoms. The molecule has 1 aromatic heterocycles. The van der Waals surface area contributed by atoms with E-state index in [0.29, 0.717) is 12.5 Å². The second-order valence-corrected chi connectivity index (χ2v) is 7.04. The fourth-order valence-electron chi connectivity index (χ4n) is 2.27. The zero-order chi connectivity index (χ0) is 15.4. The molecule has 1 heterocycles. The topological polar surface area (TPSA) is 44.1 Å². The van der Waals surface area contributed by atoms with Gasteiger partial charge in [0.25, 0.3) is 0 Å². The Morgan fingerprint density at radius 1 is 1.48 bits per heavy atom. The summed E-state index contributed by atoms with van der Waals surface area (Å²) in [6, 6.07) is 5.91. The minimum absolute atomic E-state index is 0.153. The van der Waals surface area contributed by atoms with Gasteiger partial charge in [-0.25, -0.2) is 4.98 Å². The summed E-state index contributed by atoms with van der Waals surface area (Å²) >= 11 is 6.03. The number of ether oxygens (including phenoxy) is 1. The van der Waals surface area contributed by atoms with Crippen LogP contribution in [0.3, 0.4) is 0 Å². The molecule has 21 heavy (non-hydrogen) atoms. The zero-order valence-corrected chi connectivity index (χ0v) is 14.2. The maximum absolute atomic E-state index is 11.5. The van der Waals surface area contributed by atoms with Gasteiger partial charge in [0.1, 0.15) is 17.1 Å². The molecule has 0 bridgehead atoms. The molecule has 0 aliphatic heterocycles. The predicted octanol–water partition coefficient (Wildman–Crippen LogP) is 3.33. The van der Waals surface area contributed by atoms with Gasteiger partial charge in [-0.15, -0.1) is 11.6 Å². The van der Waals surface area contributed by atoms with Gasteiger partial charge in [0.05, 0.1) is 18.0 Å². The van der Waals surface area contributed by atoms with Crippen molar-refractivity contribution in [2.24, 2.45) is 0 Å². The van der Waals surface area contributed by atoms with Gasteiger partial charge in [-0.3, -0.25) is 4.21 Å². The Bertz CT molecular complexity index is 642. The first kappa shape index (κ1) is 16.3. The van der Waals surface area contributed by atoms with Gasteiger partial charge < -0.3 is 9.30 Å². The number of rotatable bonds is 7. The SMILES string of the molecule is CCOc1cccc2c1nc(CCl)n2CCC(C)S(C)=O. The van der Waals surface area contributed by atoms with E-state index in [1.165, 1.54) is 0 Å². The highest BCUT2D eigenvalue weighted by molar-refractivity contribution is 7.84. The van der Waals surface area contributed by atoms with E-state index in [1.807, 2.05) is 32.0 Å². The molecule has 0 saturated heterocycles. The Labute approximate surface area is 132 Å². The smallest absolute Gasteiger partial charge is 0.147 e. The first-order chi connectivity index (χ1) is 10.1. The van der Waals surface area contributed by atoms with Crippen molar-refractivity contribution in [2.45, 2.75) is 37.9 Å². The molecule has 2 aromatic rings. The number of hydrogen-bond donors (Lipinski definition) is 0. The van der Waals surface area contributed by atoms with E-state index in [4.69, 9.17) is 16.3 Å². The lowest BCUT2D eigenvalue weighted by atomic mass is 10.2. The largest absolute Gasteiger partial charge is 0.492 e. The summed E-state index contributed by atoms with van der Waals surface area (Å²) in [5, 5.41) is 0.153. The predicted molar refractivity (Wildman–Crippen MR) is 88.6 cm³/mol. The van der Waals surface area contributed by atoms with Crippen LogP contribution in [0, 0.1) is 0 Å². The molecule has 2 rings (SSSR count). The normalized spacial score (nSPS) is 14.3. The molecule has 2 unspecified atom stereocenters. The second-order valence-electron chi connectivity index (χ2n) is 4.97. The minimum atomic E-state index is -0.813. The van der Waals surface area contributed by atoms with Crippen LogP contribution in [-0.4, -0.2) is 31.9 Å². The van der Waals surface area contributed by atoms with Crippen molar-refractivity contribution in [3.63, 3.8) is 0 Å². The second kappa shape index (κ2) is 7.27. The summed E-state index contributed by atoms with van der Waals surface area (Å²) in [7, 11) is -0.813. The number of hydrogen-bond acceptors (Lipinski definition) is 3. The average molecular weight is 329 g/mol. The number of nitrogens with zero attached hydrogens (tertiary/aromatic N) is 2. The van der Waals surface area contributed by atoms with Gasteiger partial charge in [-0.05, 0) is 25.5 Å². The van der Waals surface area contributed by atoms with Crippen LogP contribution in [0.5, 0.6) is 5.75 Å². The van der Waals surface area contributed by atoms with Crippen molar-refractivity contribution in [1.29, 1.82) is 0 Å². The lowest BCUT2D eigenvalue weighted by molar-refractivity contribution is 0.343.